The second-order valence-corrected chi connectivity index (χ2v) is 25.6. The van der Waals surface area contributed by atoms with Crippen LogP contribution in [0.1, 0.15) is 432 Å². The molecule has 1 unspecified atom stereocenters. The number of esters is 3. The normalized spacial score (nSPS) is 12.0. The zero-order valence-corrected chi connectivity index (χ0v) is 55.4. The fraction of sp³-hybridized carbons (Fsp3) is 0.933. The molecule has 0 aliphatic rings. The molecule has 0 bridgehead atoms. The van der Waals surface area contributed by atoms with Crippen molar-refractivity contribution in [1.82, 2.24) is 0 Å². The van der Waals surface area contributed by atoms with Crippen molar-refractivity contribution in [2.24, 2.45) is 0 Å². The summed E-state index contributed by atoms with van der Waals surface area (Å²) >= 11 is 0. The van der Waals surface area contributed by atoms with Crippen LogP contribution in [0, 0.1) is 0 Å². The maximum absolute atomic E-state index is 12.9. The number of rotatable bonds is 70. The van der Waals surface area contributed by atoms with Crippen molar-refractivity contribution in [3.8, 4) is 0 Å². The van der Waals surface area contributed by atoms with E-state index in [4.69, 9.17) is 14.2 Å². The van der Waals surface area contributed by atoms with E-state index in [1.807, 2.05) is 0 Å². The molecule has 0 saturated heterocycles. The first-order valence-electron chi connectivity index (χ1n) is 37.2. The second kappa shape index (κ2) is 70.6. The quantitative estimate of drug-likeness (QED) is 0.0261. The van der Waals surface area contributed by atoms with Gasteiger partial charge in [0.2, 0.25) is 0 Å². The van der Waals surface area contributed by atoms with Gasteiger partial charge in [-0.25, -0.2) is 0 Å². The van der Waals surface area contributed by atoms with E-state index >= 15 is 0 Å². The summed E-state index contributed by atoms with van der Waals surface area (Å²) in [5.41, 5.74) is 0. The third kappa shape index (κ3) is 68.8. The van der Waals surface area contributed by atoms with Crippen molar-refractivity contribution in [1.29, 1.82) is 0 Å². The molecule has 0 amide bonds. The molecule has 0 saturated carbocycles. The molecule has 0 N–H and O–H groups in total. The van der Waals surface area contributed by atoms with Crippen LogP contribution in [0.15, 0.2) is 12.2 Å². The summed E-state index contributed by atoms with van der Waals surface area (Å²) in [4.78, 5) is 38.4. The molecule has 1 atom stereocenters. The first-order valence-corrected chi connectivity index (χ1v) is 37.2. The maximum Gasteiger partial charge on any atom is 0.306 e. The number of carbonyl (C=O) groups excluding carboxylic acids is 3. The van der Waals surface area contributed by atoms with E-state index in [1.165, 1.54) is 327 Å². The summed E-state index contributed by atoms with van der Waals surface area (Å²) in [6, 6.07) is 0. The lowest BCUT2D eigenvalue weighted by atomic mass is 10.0. The maximum atomic E-state index is 12.9. The Balaban J connectivity index is 4.03. The zero-order chi connectivity index (χ0) is 58.5. The van der Waals surface area contributed by atoms with Crippen molar-refractivity contribution in [3.05, 3.63) is 12.2 Å². The van der Waals surface area contributed by atoms with Gasteiger partial charge in [0.1, 0.15) is 13.2 Å². The van der Waals surface area contributed by atoms with E-state index in [0.29, 0.717) is 19.3 Å². The van der Waals surface area contributed by atoms with Crippen LogP contribution in [0.3, 0.4) is 0 Å². The van der Waals surface area contributed by atoms with Gasteiger partial charge in [-0.05, 0) is 44.9 Å². The fourth-order valence-corrected chi connectivity index (χ4v) is 11.7. The third-order valence-electron chi connectivity index (χ3n) is 17.3. The van der Waals surface area contributed by atoms with Crippen molar-refractivity contribution < 1.29 is 28.6 Å². The predicted molar refractivity (Wildman–Crippen MR) is 353 cm³/mol. The Morgan fingerprint density at radius 1 is 0.235 bits per heavy atom. The summed E-state index contributed by atoms with van der Waals surface area (Å²) in [7, 11) is 0. The minimum atomic E-state index is -0.769. The highest BCUT2D eigenvalue weighted by Gasteiger charge is 2.20. The molecule has 6 heteroatoms. The summed E-state index contributed by atoms with van der Waals surface area (Å²) < 4.78 is 17.0. The molecule has 0 aromatic heterocycles. The number of hydrogen-bond acceptors (Lipinski definition) is 6. The summed E-state index contributed by atoms with van der Waals surface area (Å²) in [5.74, 6) is -0.842. The predicted octanol–water partition coefficient (Wildman–Crippen LogP) is 25.6. The van der Waals surface area contributed by atoms with Crippen LogP contribution >= 0.6 is 0 Å². The monoisotopic (exact) mass is 1140 g/mol. The van der Waals surface area contributed by atoms with E-state index in [0.717, 1.165) is 64.2 Å². The molecule has 0 aromatic carbocycles. The van der Waals surface area contributed by atoms with Gasteiger partial charge in [-0.1, -0.05) is 380 Å². The molecule has 0 aromatic rings. The molecular formula is C75H144O6. The fourth-order valence-electron chi connectivity index (χ4n) is 11.7. The minimum Gasteiger partial charge on any atom is -0.462 e. The molecule has 480 valence electrons. The average Bonchev–Trinajstić information content (AvgIpc) is 3.47. The van der Waals surface area contributed by atoms with Crippen LogP contribution in [0.5, 0.6) is 0 Å². The zero-order valence-electron chi connectivity index (χ0n) is 55.4. The molecule has 81 heavy (non-hydrogen) atoms. The van der Waals surface area contributed by atoms with Gasteiger partial charge in [0.05, 0.1) is 0 Å². The van der Waals surface area contributed by atoms with Gasteiger partial charge in [0, 0.05) is 19.3 Å². The highest BCUT2D eigenvalue weighted by molar-refractivity contribution is 5.71. The Morgan fingerprint density at radius 3 is 0.642 bits per heavy atom. The number of allylic oxidation sites excluding steroid dienone is 2. The van der Waals surface area contributed by atoms with E-state index in [2.05, 4.69) is 32.9 Å². The van der Waals surface area contributed by atoms with Crippen molar-refractivity contribution in [2.45, 2.75) is 438 Å². The van der Waals surface area contributed by atoms with E-state index in [9.17, 15) is 14.4 Å². The largest absolute Gasteiger partial charge is 0.462 e. The van der Waals surface area contributed by atoms with Gasteiger partial charge in [-0.15, -0.1) is 0 Å². The molecule has 0 fully saturated rings. The molecular weight excluding hydrogens is 997 g/mol. The highest BCUT2D eigenvalue weighted by atomic mass is 16.6. The van der Waals surface area contributed by atoms with E-state index in [1.54, 1.807) is 0 Å². The van der Waals surface area contributed by atoms with Gasteiger partial charge in [-0.2, -0.15) is 0 Å². The number of carbonyl (C=O) groups is 3. The SMILES string of the molecule is CCCCC/C=C\CCCCCCCC(=O)OCC(COC(=O)CCCCCCCCCCCCCCCCCCCCCCCCCCCCCCCCCCCC)OC(=O)CCCCCCCCCCCCCCCCCCC. The average molecular weight is 1140 g/mol. The van der Waals surface area contributed by atoms with Gasteiger partial charge in [0.25, 0.3) is 0 Å². The third-order valence-corrected chi connectivity index (χ3v) is 17.3. The van der Waals surface area contributed by atoms with Crippen LogP contribution in [-0.4, -0.2) is 37.2 Å². The van der Waals surface area contributed by atoms with Crippen molar-refractivity contribution in [2.75, 3.05) is 13.2 Å². The lowest BCUT2D eigenvalue weighted by Crippen LogP contribution is -2.30. The van der Waals surface area contributed by atoms with Gasteiger partial charge < -0.3 is 14.2 Å². The molecule has 6 nitrogen and oxygen atoms in total. The van der Waals surface area contributed by atoms with Crippen molar-refractivity contribution >= 4 is 17.9 Å². The summed E-state index contributed by atoms with van der Waals surface area (Å²) in [6.45, 7) is 6.70. The van der Waals surface area contributed by atoms with Gasteiger partial charge in [-0.3, -0.25) is 14.4 Å². The number of unbranched alkanes of at least 4 members (excludes halogenated alkanes) is 57. The Labute approximate surface area is 507 Å². The Kier molecular flexibility index (Phi) is 69.0. The smallest absolute Gasteiger partial charge is 0.306 e. The van der Waals surface area contributed by atoms with Crippen LogP contribution in [0.4, 0.5) is 0 Å². The lowest BCUT2D eigenvalue weighted by molar-refractivity contribution is -0.167. The Hall–Kier alpha value is -1.85. The topological polar surface area (TPSA) is 78.9 Å². The molecule has 0 aliphatic heterocycles. The number of hydrogen-bond donors (Lipinski definition) is 0. The summed E-state index contributed by atoms with van der Waals surface area (Å²) in [6.07, 6.45) is 85.6. The standard InChI is InChI=1S/C75H144O6/c1-4-7-10-13-16-19-22-25-27-29-30-31-32-33-34-35-36-37-38-39-40-41-42-43-44-45-47-48-50-53-56-59-62-65-68-74(77)80-71-72(70-79-73(76)67-64-61-58-55-52-24-21-18-15-12-9-6-3)81-75(78)69-66-63-60-57-54-51-49-46-28-26-23-20-17-14-11-8-5-2/h18,21,72H,4-17,19-20,22-71H2,1-3H3/b21-18-. The van der Waals surface area contributed by atoms with Crippen LogP contribution in [0.25, 0.3) is 0 Å². The highest BCUT2D eigenvalue weighted by Crippen LogP contribution is 2.20. The first kappa shape index (κ1) is 79.2. The van der Waals surface area contributed by atoms with Crippen LogP contribution in [-0.2, 0) is 28.6 Å². The second-order valence-electron chi connectivity index (χ2n) is 25.6. The van der Waals surface area contributed by atoms with Crippen LogP contribution < -0.4 is 0 Å². The molecule has 0 heterocycles. The lowest BCUT2D eigenvalue weighted by Gasteiger charge is -2.18. The molecule has 0 spiro atoms. The molecule has 0 radical (unpaired) electrons. The van der Waals surface area contributed by atoms with E-state index in [-0.39, 0.29) is 31.1 Å². The van der Waals surface area contributed by atoms with Crippen molar-refractivity contribution in [3.63, 3.8) is 0 Å². The Morgan fingerprint density at radius 2 is 0.407 bits per heavy atom. The van der Waals surface area contributed by atoms with Gasteiger partial charge in [0.15, 0.2) is 6.10 Å². The number of ether oxygens (including phenoxy) is 3. The van der Waals surface area contributed by atoms with Gasteiger partial charge >= 0.3 is 17.9 Å². The Bertz CT molecular complexity index is 1260. The minimum absolute atomic E-state index is 0.0659. The summed E-state index contributed by atoms with van der Waals surface area (Å²) in [5, 5.41) is 0. The first-order chi connectivity index (χ1) is 40.0. The van der Waals surface area contributed by atoms with E-state index < -0.39 is 6.10 Å². The molecule has 0 rings (SSSR count). The molecule has 0 aliphatic carbocycles. The van der Waals surface area contributed by atoms with Crippen LogP contribution in [0.2, 0.25) is 0 Å².